The number of carbonyl (C=O) groups excluding carboxylic acids is 3. The third-order valence-corrected chi connectivity index (χ3v) is 14.7. The van der Waals surface area contributed by atoms with Crippen LogP contribution in [-0.4, -0.2) is 121 Å². The number of ketones is 1. The number of hydrogen-bond acceptors (Lipinski definition) is 16. The standard InChI is InChI=1S/C51H62N4O13/c1-24-14-13-16-50(8)29(6)45(67-50)27(4)41(57)26(3)44(65-30(7)56)25(2)32(62-11)15-21-64-51(9)48(60)37-35-36(42(58)28(5)46(37)68-51)43(59)40(53-49(24)61)47-39(35)52-38-33(63-12)22-31(23-34(38)66-47)55-19-17-54(10)18-20-55/h13-16,21-23,25-27,29,32,41,44-45,57,59H,17-20H2,1-12H3,(H,53,61). The normalized spacial score (nSPS) is 30.5. The fourth-order valence-electron chi connectivity index (χ4n) is 10.2. The predicted octanol–water partition coefficient (Wildman–Crippen LogP) is 6.55. The van der Waals surface area contributed by atoms with Gasteiger partial charge in [-0.1, -0.05) is 45.9 Å². The van der Waals surface area contributed by atoms with Gasteiger partial charge in [0.2, 0.25) is 0 Å². The number of phenolic OH excluding ortho intramolecular Hbond substituents is 1. The van der Waals surface area contributed by atoms with E-state index in [0.717, 1.165) is 31.9 Å². The van der Waals surface area contributed by atoms with E-state index in [2.05, 4.69) is 22.2 Å². The molecule has 6 bridgehead atoms. The van der Waals surface area contributed by atoms with Crippen molar-refractivity contribution in [2.45, 2.75) is 98.1 Å². The molecule has 9 rings (SSSR count). The summed E-state index contributed by atoms with van der Waals surface area (Å²) in [4.78, 5) is 65.6. The Morgan fingerprint density at radius 2 is 1.68 bits per heavy atom. The van der Waals surface area contributed by atoms with Gasteiger partial charge in [-0.2, -0.15) is 0 Å². The Hall–Kier alpha value is -6.01. The Bertz CT molecular complexity index is 2860. The van der Waals surface area contributed by atoms with Gasteiger partial charge in [0.15, 0.2) is 22.3 Å². The summed E-state index contributed by atoms with van der Waals surface area (Å²) in [7, 11) is 5.04. The molecule has 1 aromatic heterocycles. The van der Waals surface area contributed by atoms with Gasteiger partial charge >= 0.3 is 11.8 Å². The number of phenols is 1. The van der Waals surface area contributed by atoms with E-state index in [0.29, 0.717) is 5.75 Å². The average Bonchev–Trinajstić information content (AvgIpc) is 3.58. The van der Waals surface area contributed by atoms with Gasteiger partial charge in [-0.3, -0.25) is 19.2 Å². The number of aliphatic hydroxyl groups excluding tert-OH is 1. The average molecular weight is 939 g/mol. The van der Waals surface area contributed by atoms with Crippen LogP contribution in [0.1, 0.15) is 71.3 Å². The van der Waals surface area contributed by atoms with Gasteiger partial charge in [0.05, 0.1) is 48.2 Å². The second-order valence-electron chi connectivity index (χ2n) is 19.2. The van der Waals surface area contributed by atoms with Crippen molar-refractivity contribution in [3.8, 4) is 17.2 Å². The van der Waals surface area contributed by atoms with Crippen molar-refractivity contribution in [2.75, 3.05) is 57.7 Å². The molecule has 2 fully saturated rings. The zero-order valence-corrected chi connectivity index (χ0v) is 40.7. The number of piperazine rings is 1. The number of carbonyl (C=O) groups is 3. The number of methoxy groups -OCH3 is 2. The van der Waals surface area contributed by atoms with Crippen LogP contribution >= 0.6 is 0 Å². The SMILES string of the molecule is COc1cc(N2CCN(C)CC2)cc2oc3c4c(O)c5c(=O)c(C)c6c(c5c3nc12)C(=O)C(C)(OC=CC(OC)C(C)C(OC(C)=O)C(C)C(O)C(C)C1OC(C)(C=CC=C(C)C(=O)N4)C1C)O6. The molecule has 3 aromatic carbocycles. The van der Waals surface area contributed by atoms with E-state index in [4.69, 9.17) is 37.8 Å². The Balaban J connectivity index is 1.33. The number of fused-ring (bicyclic) bond motifs is 11. The Morgan fingerprint density at radius 3 is 2.32 bits per heavy atom. The summed E-state index contributed by atoms with van der Waals surface area (Å²) in [5.41, 5.74) is -0.378. The molecule has 0 aliphatic carbocycles. The molecular weight excluding hydrogens is 877 g/mol. The van der Waals surface area contributed by atoms with E-state index < -0.39 is 70.4 Å². The van der Waals surface area contributed by atoms with Gasteiger partial charge in [-0.05, 0) is 33.9 Å². The van der Waals surface area contributed by atoms with E-state index in [1.165, 1.54) is 41.3 Å². The van der Waals surface area contributed by atoms with Crippen LogP contribution in [0, 0.1) is 30.6 Å². The monoisotopic (exact) mass is 938 g/mol. The summed E-state index contributed by atoms with van der Waals surface area (Å²) in [6, 6.07) is 3.66. The molecule has 0 spiro atoms. The van der Waals surface area contributed by atoms with Crippen LogP contribution < -0.4 is 25.1 Å². The summed E-state index contributed by atoms with van der Waals surface area (Å²) in [6.45, 7) is 18.4. The molecule has 5 aliphatic rings. The number of aliphatic hydroxyl groups is 1. The van der Waals surface area contributed by atoms with E-state index in [-0.39, 0.29) is 79.0 Å². The third-order valence-electron chi connectivity index (χ3n) is 14.7. The van der Waals surface area contributed by atoms with Gasteiger partial charge in [-0.15, -0.1) is 0 Å². The van der Waals surface area contributed by atoms with Crippen molar-refractivity contribution < 1.29 is 57.4 Å². The first-order valence-corrected chi connectivity index (χ1v) is 23.1. The Kier molecular flexibility index (Phi) is 12.9. The molecule has 10 unspecified atom stereocenters. The number of anilines is 2. The van der Waals surface area contributed by atoms with Gasteiger partial charge in [0, 0.05) is 105 Å². The molecule has 17 heteroatoms. The van der Waals surface area contributed by atoms with E-state index in [1.54, 1.807) is 25.2 Å². The number of hydrogen-bond donors (Lipinski definition) is 3. The van der Waals surface area contributed by atoms with Gasteiger partial charge in [-0.25, -0.2) is 4.98 Å². The second kappa shape index (κ2) is 18.1. The van der Waals surface area contributed by atoms with Crippen LogP contribution in [0.2, 0.25) is 0 Å². The first-order chi connectivity index (χ1) is 32.1. The lowest BCUT2D eigenvalue weighted by atomic mass is 9.70. The first kappa shape index (κ1) is 48.4. The fraction of sp³-hybridized carbons (Fsp3) is 0.510. The number of amides is 1. The number of Topliss-reactive ketones (excluding diaryl/α,β-unsaturated/α-hetero) is 1. The summed E-state index contributed by atoms with van der Waals surface area (Å²) in [5, 5.41) is 26.5. The van der Waals surface area contributed by atoms with Gasteiger partial charge in [0.1, 0.15) is 34.3 Å². The van der Waals surface area contributed by atoms with Crippen molar-refractivity contribution in [1.82, 2.24) is 9.88 Å². The van der Waals surface area contributed by atoms with Crippen LogP contribution in [0.4, 0.5) is 11.4 Å². The van der Waals surface area contributed by atoms with Crippen LogP contribution in [-0.2, 0) is 28.5 Å². The minimum Gasteiger partial charge on any atom is -0.505 e. The molecule has 68 heavy (non-hydrogen) atoms. The number of aromatic nitrogens is 1. The summed E-state index contributed by atoms with van der Waals surface area (Å²) in [5.74, 6) is -5.88. The Morgan fingerprint density at radius 1 is 0.971 bits per heavy atom. The lowest BCUT2D eigenvalue weighted by molar-refractivity contribution is -0.251. The zero-order chi connectivity index (χ0) is 49.3. The van der Waals surface area contributed by atoms with Crippen LogP contribution in [0.15, 0.2) is 57.5 Å². The largest absolute Gasteiger partial charge is 0.505 e. The number of aromatic hydroxyl groups is 1. The van der Waals surface area contributed by atoms with Crippen LogP contribution in [0.5, 0.6) is 17.2 Å². The highest BCUT2D eigenvalue weighted by atomic mass is 16.7. The van der Waals surface area contributed by atoms with Gasteiger partial charge < -0.3 is 58.2 Å². The molecule has 1 amide bonds. The lowest BCUT2D eigenvalue weighted by Crippen LogP contribution is -2.60. The lowest BCUT2D eigenvalue weighted by Gasteiger charge is -2.54. The highest BCUT2D eigenvalue weighted by Gasteiger charge is 2.53. The molecule has 0 saturated carbocycles. The number of ether oxygens (including phenoxy) is 6. The minimum absolute atomic E-state index is 0.00331. The van der Waals surface area contributed by atoms with Crippen molar-refractivity contribution in [1.29, 1.82) is 0 Å². The molecule has 4 aromatic rings. The van der Waals surface area contributed by atoms with Crippen molar-refractivity contribution >= 4 is 62.0 Å². The number of rotatable bonds is 4. The fourth-order valence-corrected chi connectivity index (χ4v) is 10.2. The number of nitrogens with one attached hydrogen (secondary N) is 1. The molecule has 17 nitrogen and oxygen atoms in total. The summed E-state index contributed by atoms with van der Waals surface area (Å²) >= 11 is 0. The van der Waals surface area contributed by atoms with Gasteiger partial charge in [0.25, 0.3) is 11.7 Å². The van der Waals surface area contributed by atoms with E-state index in [1.807, 2.05) is 52.8 Å². The molecular formula is C51H62N4O13. The van der Waals surface area contributed by atoms with Crippen molar-refractivity contribution in [3.05, 3.63) is 69.6 Å². The number of benzene rings is 3. The highest BCUT2D eigenvalue weighted by molar-refractivity contribution is 6.26. The molecule has 6 heterocycles. The quantitative estimate of drug-likeness (QED) is 0.0857. The molecule has 0 radical (unpaired) electrons. The number of likely N-dealkylation sites (N-methyl/N-ethyl adjacent to an activating group) is 1. The Labute approximate surface area is 394 Å². The number of esters is 1. The summed E-state index contributed by atoms with van der Waals surface area (Å²) < 4.78 is 43.2. The molecule has 2 saturated heterocycles. The maximum atomic E-state index is 14.9. The van der Waals surface area contributed by atoms with Crippen LogP contribution in [0.3, 0.4) is 0 Å². The number of allylic oxidation sites excluding steroid dienone is 2. The molecule has 10 atom stereocenters. The second-order valence-corrected chi connectivity index (χ2v) is 19.2. The third kappa shape index (κ3) is 8.16. The van der Waals surface area contributed by atoms with Crippen molar-refractivity contribution in [3.63, 3.8) is 0 Å². The summed E-state index contributed by atoms with van der Waals surface area (Å²) in [6.07, 6.45) is 5.03. The van der Waals surface area contributed by atoms with Crippen LogP contribution in [0.25, 0.3) is 33.0 Å². The predicted molar refractivity (Wildman–Crippen MR) is 255 cm³/mol. The topological polar surface area (TPSA) is 209 Å². The van der Waals surface area contributed by atoms with E-state index in [9.17, 15) is 29.4 Å². The zero-order valence-electron chi connectivity index (χ0n) is 40.7. The minimum atomic E-state index is -2.05. The van der Waals surface area contributed by atoms with Crippen molar-refractivity contribution in [2.24, 2.45) is 23.7 Å². The first-order valence-electron chi connectivity index (χ1n) is 23.1. The molecule has 5 aliphatic heterocycles. The van der Waals surface area contributed by atoms with E-state index >= 15 is 0 Å². The maximum absolute atomic E-state index is 14.9. The smallest absolute Gasteiger partial charge is 0.312 e. The molecule has 3 N–H and O–H groups in total. The maximum Gasteiger partial charge on any atom is 0.312 e. The molecule has 364 valence electrons. The number of nitrogens with zero attached hydrogens (tertiary/aromatic N) is 3. The highest BCUT2D eigenvalue weighted by Crippen LogP contribution is 2.50.